The van der Waals surface area contributed by atoms with Crippen molar-refractivity contribution in [3.8, 4) is 28.7 Å². The van der Waals surface area contributed by atoms with E-state index < -0.39 is 74.6 Å². The number of cyclic esters (lactones) is 1. The van der Waals surface area contributed by atoms with Crippen molar-refractivity contribution in [1.82, 2.24) is 0 Å². The van der Waals surface area contributed by atoms with Gasteiger partial charge in [-0.15, -0.1) is 0 Å². The molecule has 0 aromatic heterocycles. The number of aliphatic hydroxyl groups is 2. The average Bonchev–Trinajstić information content (AvgIpc) is 3.64. The van der Waals surface area contributed by atoms with Crippen molar-refractivity contribution in [2.24, 2.45) is 11.8 Å². The average molecular weight is 669 g/mol. The number of esters is 1. The number of hydrogen-bond acceptors (Lipinski definition) is 14. The molecular formula is C29H33O16P. The molecule has 250 valence electrons. The molecule has 0 saturated carbocycles. The van der Waals surface area contributed by atoms with E-state index in [2.05, 4.69) is 0 Å². The Morgan fingerprint density at radius 3 is 2.22 bits per heavy atom. The van der Waals surface area contributed by atoms with Gasteiger partial charge in [0.15, 0.2) is 35.6 Å². The molecule has 3 saturated heterocycles. The van der Waals surface area contributed by atoms with E-state index in [4.69, 9.17) is 47.2 Å². The summed E-state index contributed by atoms with van der Waals surface area (Å²) in [5, 5.41) is 22.0. The smallest absolute Gasteiger partial charge is 0.493 e. The summed E-state index contributed by atoms with van der Waals surface area (Å²) in [6.45, 7) is 1.72. The Kier molecular flexibility index (Phi) is 8.07. The zero-order valence-electron chi connectivity index (χ0n) is 24.8. The Labute approximate surface area is 262 Å². The Balaban J connectivity index is 1.32. The molecule has 7 unspecified atom stereocenters. The van der Waals surface area contributed by atoms with Crippen molar-refractivity contribution >= 4 is 13.8 Å². The van der Waals surface area contributed by atoms with Gasteiger partial charge in [-0.3, -0.25) is 14.6 Å². The zero-order valence-corrected chi connectivity index (χ0v) is 25.7. The summed E-state index contributed by atoms with van der Waals surface area (Å²) >= 11 is 0. The summed E-state index contributed by atoms with van der Waals surface area (Å²) < 4.78 is 68.1. The number of ether oxygens (including phenoxy) is 9. The summed E-state index contributed by atoms with van der Waals surface area (Å²) in [5.41, 5.74) is 1.65. The van der Waals surface area contributed by atoms with Gasteiger partial charge in [0.25, 0.3) is 0 Å². The summed E-state index contributed by atoms with van der Waals surface area (Å²) in [5.74, 6) is -2.25. The first kappa shape index (κ1) is 31.4. The maximum atomic E-state index is 13.5. The number of carbonyl (C=O) groups is 1. The second-order valence-electron chi connectivity index (χ2n) is 11.6. The normalized spacial score (nSPS) is 34.6. The largest absolute Gasteiger partial charge is 0.525 e. The second-order valence-corrected chi connectivity index (χ2v) is 12.7. The van der Waals surface area contributed by atoms with E-state index in [1.165, 1.54) is 26.4 Å². The molecule has 5 aliphatic rings. The Bertz CT molecular complexity index is 1530. The fourth-order valence-electron chi connectivity index (χ4n) is 6.93. The summed E-state index contributed by atoms with van der Waals surface area (Å²) in [4.78, 5) is 32.5. The first-order valence-corrected chi connectivity index (χ1v) is 16.1. The van der Waals surface area contributed by atoms with Gasteiger partial charge in [0.2, 0.25) is 12.5 Å². The van der Waals surface area contributed by atoms with Crippen LogP contribution >= 0.6 is 7.82 Å². The van der Waals surface area contributed by atoms with Crippen LogP contribution in [0.3, 0.4) is 0 Å². The minimum Gasteiger partial charge on any atom is -0.493 e. The van der Waals surface area contributed by atoms with Gasteiger partial charge in [-0.25, -0.2) is 4.57 Å². The van der Waals surface area contributed by atoms with E-state index >= 15 is 0 Å². The molecule has 46 heavy (non-hydrogen) atoms. The molecule has 0 bridgehead atoms. The van der Waals surface area contributed by atoms with Crippen molar-refractivity contribution in [3.05, 3.63) is 41.0 Å². The summed E-state index contributed by atoms with van der Waals surface area (Å²) in [6.07, 6.45) is -7.18. The van der Waals surface area contributed by atoms with E-state index in [-0.39, 0.29) is 37.3 Å². The van der Waals surface area contributed by atoms with Gasteiger partial charge < -0.3 is 57.4 Å². The molecule has 4 N–H and O–H groups in total. The lowest BCUT2D eigenvalue weighted by molar-refractivity contribution is -0.364. The molecule has 10 atom stereocenters. The van der Waals surface area contributed by atoms with Gasteiger partial charge in [-0.2, -0.15) is 0 Å². The molecule has 2 aromatic carbocycles. The number of methoxy groups -OCH3 is 2. The van der Waals surface area contributed by atoms with Crippen LogP contribution in [-0.4, -0.2) is 97.2 Å². The van der Waals surface area contributed by atoms with Crippen molar-refractivity contribution in [3.63, 3.8) is 0 Å². The van der Waals surface area contributed by atoms with Crippen molar-refractivity contribution in [2.75, 3.05) is 34.2 Å². The molecule has 17 heteroatoms. The van der Waals surface area contributed by atoms with Gasteiger partial charge >= 0.3 is 13.8 Å². The highest BCUT2D eigenvalue weighted by molar-refractivity contribution is 7.46. The topological polar surface area (TPSA) is 207 Å². The highest BCUT2D eigenvalue weighted by atomic mass is 31.2. The number of carbonyl (C=O) groups excluding carboxylic acids is 1. The van der Waals surface area contributed by atoms with Crippen LogP contribution in [0.5, 0.6) is 28.7 Å². The molecule has 0 amide bonds. The number of phosphoric acid groups is 1. The molecule has 2 aromatic rings. The molecule has 1 aliphatic carbocycles. The highest BCUT2D eigenvalue weighted by Crippen LogP contribution is 2.57. The Morgan fingerprint density at radius 1 is 0.891 bits per heavy atom. The minimum atomic E-state index is -5.00. The first-order valence-electron chi connectivity index (χ1n) is 14.5. The third kappa shape index (κ3) is 5.37. The summed E-state index contributed by atoms with van der Waals surface area (Å²) in [7, 11) is -2.40. The lowest BCUT2D eigenvalue weighted by atomic mass is 9.66. The van der Waals surface area contributed by atoms with Crippen LogP contribution in [0.25, 0.3) is 0 Å². The quantitative estimate of drug-likeness (QED) is 0.241. The van der Waals surface area contributed by atoms with Gasteiger partial charge in [-0.1, -0.05) is 0 Å². The lowest BCUT2D eigenvalue weighted by Crippen LogP contribution is -2.63. The third-order valence-electron chi connectivity index (χ3n) is 8.94. The van der Waals surface area contributed by atoms with Crippen molar-refractivity contribution < 1.29 is 76.5 Å². The van der Waals surface area contributed by atoms with Gasteiger partial charge in [0.05, 0.1) is 39.5 Å². The van der Waals surface area contributed by atoms with Crippen LogP contribution in [-0.2, 0) is 33.0 Å². The fraction of sp³-hybridized carbons (Fsp3) is 0.552. The standard InChI is InChI=1S/C29H33O16P/c1-11-38-9-20-27(42-11)23(30)24(31)29(43-20)44-25-14-7-17-16(40-10-41-17)6-13(14)21(22-15(25)8-39-28(22)32)12-4-18(36-2)26(19(5-12)37-3)45-46(33,34)35/h4-7,11,15,20-25,27,29-31H,8-10H2,1-3H3,(H2,33,34,35)/t11?,15-,20?,21?,22-,23?,24?,25+,27?,29?/m0/s1. The molecule has 0 spiro atoms. The zero-order chi connectivity index (χ0) is 32.5. The van der Waals surface area contributed by atoms with E-state index in [1.807, 2.05) is 0 Å². The molecule has 4 heterocycles. The maximum Gasteiger partial charge on any atom is 0.525 e. The highest BCUT2D eigenvalue weighted by Gasteiger charge is 2.56. The number of hydrogen-bond donors (Lipinski definition) is 4. The second kappa shape index (κ2) is 11.8. The van der Waals surface area contributed by atoms with Crippen LogP contribution in [0.1, 0.15) is 35.6 Å². The SMILES string of the molecule is COc1cc(C2c3cc4c(cc3[C@@H](OC3OC5COC(C)OC5C(O)C3O)[C@H]3COC(=O)[C@H]23)OCO4)cc(OC)c1OP(=O)(O)O. The molecular weight excluding hydrogens is 635 g/mol. The van der Waals surface area contributed by atoms with Gasteiger partial charge in [-0.05, 0) is 47.9 Å². The van der Waals surface area contributed by atoms with Crippen LogP contribution in [0, 0.1) is 11.8 Å². The minimum absolute atomic E-state index is 0.0303. The van der Waals surface area contributed by atoms with Crippen molar-refractivity contribution in [1.29, 1.82) is 0 Å². The number of rotatable bonds is 7. The first-order chi connectivity index (χ1) is 22.0. The Hall–Kier alpha value is -3.18. The Morgan fingerprint density at radius 2 is 1.57 bits per heavy atom. The predicted octanol–water partition coefficient (Wildman–Crippen LogP) is 1.10. The lowest BCUT2D eigenvalue weighted by Gasteiger charge is -2.47. The van der Waals surface area contributed by atoms with Crippen LogP contribution in [0.2, 0.25) is 0 Å². The molecule has 4 aliphatic heterocycles. The van der Waals surface area contributed by atoms with E-state index in [9.17, 15) is 29.4 Å². The van der Waals surface area contributed by atoms with E-state index in [1.54, 1.807) is 19.1 Å². The predicted molar refractivity (Wildman–Crippen MR) is 149 cm³/mol. The third-order valence-corrected chi connectivity index (χ3v) is 9.36. The van der Waals surface area contributed by atoms with E-state index in [0.717, 1.165) is 0 Å². The maximum absolute atomic E-state index is 13.5. The molecule has 7 rings (SSSR count). The van der Waals surface area contributed by atoms with Crippen LogP contribution in [0.4, 0.5) is 0 Å². The molecule has 16 nitrogen and oxygen atoms in total. The summed E-state index contributed by atoms with van der Waals surface area (Å²) in [6, 6.07) is 6.47. The molecule has 0 radical (unpaired) electrons. The number of benzene rings is 2. The van der Waals surface area contributed by atoms with Gasteiger partial charge in [0.1, 0.15) is 24.4 Å². The number of aliphatic hydroxyl groups excluding tert-OH is 2. The molecule has 3 fully saturated rings. The van der Waals surface area contributed by atoms with Gasteiger partial charge in [0, 0.05) is 11.8 Å². The number of fused-ring (bicyclic) bond motifs is 4. The number of phosphoric ester groups is 1. The van der Waals surface area contributed by atoms with Crippen molar-refractivity contribution in [2.45, 2.75) is 55.9 Å². The fourth-order valence-corrected chi connectivity index (χ4v) is 7.35. The van der Waals surface area contributed by atoms with Crippen LogP contribution < -0.4 is 23.5 Å². The van der Waals surface area contributed by atoms with Crippen LogP contribution in [0.15, 0.2) is 24.3 Å². The van der Waals surface area contributed by atoms with E-state index in [0.29, 0.717) is 28.2 Å². The monoisotopic (exact) mass is 668 g/mol.